The van der Waals surface area contributed by atoms with Gasteiger partial charge < -0.3 is 4.90 Å². The van der Waals surface area contributed by atoms with Gasteiger partial charge in [-0.1, -0.05) is 168 Å². The zero-order chi connectivity index (χ0) is 42.2. The van der Waals surface area contributed by atoms with E-state index < -0.39 is 0 Å². The standard InChI is InChI=1S/C61H61N/c1-40-14-16-41(17-15-40)42-18-20-43(21-19-42)44-22-30-49(31-23-44)62(50-32-24-45(25-33-50)47-28-36-54-52-10-6-8-12-56(52)60(2,3)58(54)38-47)51-34-26-46(27-35-51)48-29-37-55-53-11-7-9-13-57(53)61(4,5)59(55)39-48/h6,8-10,12-14,16-18,20-22,24-25,28-34,36-40,42,44,46H,7,11,15,19,23,26-27,35H2,1-5H3. The number of benzene rings is 4. The monoisotopic (exact) mass is 807 g/mol. The van der Waals surface area contributed by atoms with Crippen LogP contribution in [0.3, 0.4) is 0 Å². The number of hydrogen-bond donors (Lipinski definition) is 0. The topological polar surface area (TPSA) is 3.24 Å². The summed E-state index contributed by atoms with van der Waals surface area (Å²) in [5.74, 6) is 2.10. The van der Waals surface area contributed by atoms with Crippen LogP contribution in [-0.2, 0) is 10.8 Å². The molecule has 0 heterocycles. The van der Waals surface area contributed by atoms with Gasteiger partial charge in [0.1, 0.15) is 0 Å². The van der Waals surface area contributed by atoms with Crippen molar-refractivity contribution in [2.24, 2.45) is 17.8 Å². The second kappa shape index (κ2) is 15.3. The number of fused-ring (bicyclic) bond motifs is 5. The fraction of sp³-hybridized carbons (Fsp3) is 0.311. The lowest BCUT2D eigenvalue weighted by Gasteiger charge is -2.35. The van der Waals surface area contributed by atoms with Crippen LogP contribution in [0.25, 0.3) is 27.8 Å². The van der Waals surface area contributed by atoms with Gasteiger partial charge in [0.05, 0.1) is 0 Å². The van der Waals surface area contributed by atoms with Crippen molar-refractivity contribution in [2.45, 2.75) is 103 Å². The first kappa shape index (κ1) is 39.2. The van der Waals surface area contributed by atoms with Crippen LogP contribution in [0.2, 0.25) is 0 Å². The summed E-state index contributed by atoms with van der Waals surface area (Å²) in [7, 11) is 0. The normalized spacial score (nSPS) is 25.0. The molecule has 4 unspecified atom stereocenters. The van der Waals surface area contributed by atoms with Crippen molar-refractivity contribution >= 4 is 11.3 Å². The predicted octanol–water partition coefficient (Wildman–Crippen LogP) is 16.2. The van der Waals surface area contributed by atoms with Crippen LogP contribution in [0, 0.1) is 17.8 Å². The van der Waals surface area contributed by atoms with Crippen LogP contribution in [0.4, 0.5) is 5.69 Å². The highest BCUT2D eigenvalue weighted by Gasteiger charge is 2.38. The quantitative estimate of drug-likeness (QED) is 0.180. The first-order chi connectivity index (χ1) is 30.1. The molecule has 0 aromatic heterocycles. The molecule has 0 aliphatic heterocycles. The van der Waals surface area contributed by atoms with E-state index in [2.05, 4.69) is 197 Å². The summed E-state index contributed by atoms with van der Waals surface area (Å²) in [6, 6.07) is 33.0. The number of allylic oxidation sites excluding steroid dienone is 17. The van der Waals surface area contributed by atoms with E-state index in [1.54, 1.807) is 5.57 Å². The zero-order valence-corrected chi connectivity index (χ0v) is 37.4. The fourth-order valence-electron chi connectivity index (χ4n) is 12.0. The third-order valence-electron chi connectivity index (χ3n) is 15.7. The SMILES string of the molecule is CC1C=CC(C2C=CC(C3C=CC(N(C4=CCC(c5ccc6c(c5)C(C)(C)C5=C6CCC=C5)CC4)c4ccc(-c5ccc6c(c5)C(C)(C)c5ccccc5-6)cc4)=CC3)=CC2)=CC1. The maximum atomic E-state index is 2.58. The van der Waals surface area contributed by atoms with Gasteiger partial charge in [-0.05, 0) is 160 Å². The first-order valence-electron chi connectivity index (χ1n) is 23.7. The van der Waals surface area contributed by atoms with Crippen molar-refractivity contribution in [3.63, 3.8) is 0 Å². The molecule has 1 nitrogen and oxygen atoms in total. The molecule has 1 heteroatoms. The molecule has 0 saturated carbocycles. The van der Waals surface area contributed by atoms with E-state index in [0.717, 1.165) is 44.9 Å². The van der Waals surface area contributed by atoms with Crippen LogP contribution in [0.5, 0.6) is 0 Å². The molecule has 0 N–H and O–H groups in total. The minimum absolute atomic E-state index is 0.0143. The average Bonchev–Trinajstić information content (AvgIpc) is 3.69. The van der Waals surface area contributed by atoms with Gasteiger partial charge in [0.2, 0.25) is 0 Å². The Bertz CT molecular complexity index is 2760. The van der Waals surface area contributed by atoms with E-state index >= 15 is 0 Å². The van der Waals surface area contributed by atoms with Crippen molar-refractivity contribution in [1.82, 2.24) is 0 Å². The van der Waals surface area contributed by atoms with Gasteiger partial charge in [0, 0.05) is 39.7 Å². The molecule has 4 atom stereocenters. The van der Waals surface area contributed by atoms with Crippen LogP contribution in [0.15, 0.2) is 186 Å². The fourth-order valence-corrected chi connectivity index (χ4v) is 12.0. The Balaban J connectivity index is 0.867. The zero-order valence-electron chi connectivity index (χ0n) is 37.4. The molecule has 0 fully saturated rings. The lowest BCUT2D eigenvalue weighted by Crippen LogP contribution is -2.25. The minimum atomic E-state index is -0.0143. The number of nitrogens with zero attached hydrogens (tertiary/aromatic N) is 1. The highest BCUT2D eigenvalue weighted by molar-refractivity contribution is 5.85. The molecule has 0 amide bonds. The molecule has 7 aliphatic rings. The molecule has 4 aromatic carbocycles. The van der Waals surface area contributed by atoms with Crippen LogP contribution < -0.4 is 4.90 Å². The van der Waals surface area contributed by atoms with E-state index in [9.17, 15) is 0 Å². The molecule has 0 spiro atoms. The Morgan fingerprint density at radius 3 is 2.00 bits per heavy atom. The van der Waals surface area contributed by atoms with Crippen molar-refractivity contribution in [3.8, 4) is 22.3 Å². The van der Waals surface area contributed by atoms with E-state index in [1.165, 1.54) is 90.3 Å². The number of hydrogen-bond acceptors (Lipinski definition) is 1. The Labute approximate surface area is 371 Å². The molecular formula is C61H61N. The summed E-state index contributed by atoms with van der Waals surface area (Å²) in [5, 5.41) is 0. The Kier molecular flexibility index (Phi) is 9.68. The molecule has 11 rings (SSSR count). The van der Waals surface area contributed by atoms with E-state index in [0.29, 0.717) is 23.7 Å². The lowest BCUT2D eigenvalue weighted by molar-refractivity contribution is 0.587. The molecule has 62 heavy (non-hydrogen) atoms. The third-order valence-corrected chi connectivity index (χ3v) is 15.7. The van der Waals surface area contributed by atoms with Crippen LogP contribution in [-0.4, -0.2) is 0 Å². The highest BCUT2D eigenvalue weighted by atomic mass is 15.2. The third kappa shape index (κ3) is 6.66. The molecule has 0 bridgehead atoms. The van der Waals surface area contributed by atoms with Crippen molar-refractivity contribution in [1.29, 1.82) is 0 Å². The smallest absolute Gasteiger partial charge is 0.0458 e. The summed E-state index contributed by atoms with van der Waals surface area (Å²) < 4.78 is 0. The molecular weight excluding hydrogens is 747 g/mol. The van der Waals surface area contributed by atoms with Gasteiger partial charge in [-0.3, -0.25) is 0 Å². The second-order valence-corrected chi connectivity index (χ2v) is 20.3. The lowest BCUT2D eigenvalue weighted by atomic mass is 9.78. The maximum absolute atomic E-state index is 2.58. The molecule has 7 aliphatic carbocycles. The number of rotatable bonds is 7. The predicted molar refractivity (Wildman–Crippen MR) is 263 cm³/mol. The van der Waals surface area contributed by atoms with E-state index in [1.807, 2.05) is 0 Å². The molecule has 0 saturated heterocycles. The average molecular weight is 808 g/mol. The maximum Gasteiger partial charge on any atom is 0.0458 e. The molecule has 0 radical (unpaired) electrons. The summed E-state index contributed by atoms with van der Waals surface area (Å²) in [6.07, 6.45) is 38.2. The summed E-state index contributed by atoms with van der Waals surface area (Å²) >= 11 is 0. The minimum Gasteiger partial charge on any atom is -0.315 e. The summed E-state index contributed by atoms with van der Waals surface area (Å²) in [4.78, 5) is 2.58. The van der Waals surface area contributed by atoms with Crippen LogP contribution >= 0.6 is 0 Å². The largest absolute Gasteiger partial charge is 0.315 e. The molecule has 4 aromatic rings. The van der Waals surface area contributed by atoms with E-state index in [-0.39, 0.29) is 10.8 Å². The highest BCUT2D eigenvalue weighted by Crippen LogP contribution is 2.52. The van der Waals surface area contributed by atoms with Crippen molar-refractivity contribution in [2.75, 3.05) is 4.90 Å². The summed E-state index contributed by atoms with van der Waals surface area (Å²) in [5.41, 5.74) is 22.8. The Morgan fingerprint density at radius 2 is 1.27 bits per heavy atom. The Hall–Kier alpha value is -5.66. The molecule has 310 valence electrons. The van der Waals surface area contributed by atoms with Gasteiger partial charge in [0.25, 0.3) is 0 Å². The van der Waals surface area contributed by atoms with E-state index in [4.69, 9.17) is 0 Å². The van der Waals surface area contributed by atoms with Gasteiger partial charge in [-0.15, -0.1) is 0 Å². The van der Waals surface area contributed by atoms with Gasteiger partial charge in [-0.25, -0.2) is 0 Å². The van der Waals surface area contributed by atoms with Crippen molar-refractivity contribution < 1.29 is 0 Å². The van der Waals surface area contributed by atoms with Gasteiger partial charge in [0.15, 0.2) is 0 Å². The first-order valence-corrected chi connectivity index (χ1v) is 23.7. The van der Waals surface area contributed by atoms with Gasteiger partial charge >= 0.3 is 0 Å². The van der Waals surface area contributed by atoms with Gasteiger partial charge in [-0.2, -0.15) is 0 Å². The number of anilines is 1. The second-order valence-electron chi connectivity index (χ2n) is 20.3. The summed E-state index contributed by atoms with van der Waals surface area (Å²) in [6.45, 7) is 11.9. The van der Waals surface area contributed by atoms with Crippen molar-refractivity contribution in [3.05, 3.63) is 214 Å². The Morgan fingerprint density at radius 1 is 0.565 bits per heavy atom. The van der Waals surface area contributed by atoms with Crippen LogP contribution in [0.1, 0.15) is 120 Å².